The third-order valence-electron chi connectivity index (χ3n) is 3.12. The third-order valence-corrected chi connectivity index (χ3v) is 6.03. The van der Waals surface area contributed by atoms with E-state index >= 15 is 0 Å². The number of benzene rings is 1. The Kier molecular flexibility index (Phi) is 5.09. The molecular formula is C15H22OSe. The molecule has 1 aliphatic carbocycles. The molecule has 94 valence electrons. The summed E-state index contributed by atoms with van der Waals surface area (Å²) >= 11 is 0.571. The van der Waals surface area contributed by atoms with Crippen molar-refractivity contribution in [1.82, 2.24) is 0 Å². The molecule has 1 fully saturated rings. The van der Waals surface area contributed by atoms with Gasteiger partial charge in [0, 0.05) is 0 Å². The van der Waals surface area contributed by atoms with Crippen molar-refractivity contribution in [2.24, 2.45) is 0 Å². The van der Waals surface area contributed by atoms with Crippen molar-refractivity contribution in [2.75, 3.05) is 0 Å². The van der Waals surface area contributed by atoms with Crippen molar-refractivity contribution < 1.29 is 4.74 Å². The Balaban J connectivity index is 1.96. The first-order valence-corrected chi connectivity index (χ1v) is 8.47. The van der Waals surface area contributed by atoms with Gasteiger partial charge in [-0.2, -0.15) is 0 Å². The van der Waals surface area contributed by atoms with Crippen molar-refractivity contribution >= 4 is 19.4 Å². The molecular weight excluding hydrogens is 275 g/mol. The van der Waals surface area contributed by atoms with Gasteiger partial charge in [-0.1, -0.05) is 0 Å². The van der Waals surface area contributed by atoms with Crippen LogP contribution in [0.5, 0.6) is 0 Å². The molecule has 0 radical (unpaired) electrons. The van der Waals surface area contributed by atoms with E-state index < -0.39 is 0 Å². The van der Waals surface area contributed by atoms with Gasteiger partial charge in [-0.25, -0.2) is 0 Å². The molecule has 0 amide bonds. The quantitative estimate of drug-likeness (QED) is 0.776. The van der Waals surface area contributed by atoms with Gasteiger partial charge < -0.3 is 0 Å². The number of hydrogen-bond acceptors (Lipinski definition) is 1. The predicted molar refractivity (Wildman–Crippen MR) is 74.1 cm³/mol. The molecule has 1 aromatic rings. The molecule has 0 N–H and O–H groups in total. The van der Waals surface area contributed by atoms with Crippen LogP contribution in [0.2, 0.25) is 4.82 Å². The molecule has 0 saturated heterocycles. The van der Waals surface area contributed by atoms with Gasteiger partial charge in [0.25, 0.3) is 0 Å². The van der Waals surface area contributed by atoms with Gasteiger partial charge in [0.05, 0.1) is 0 Å². The first kappa shape index (κ1) is 13.1. The molecule has 0 heterocycles. The van der Waals surface area contributed by atoms with Crippen LogP contribution in [0, 0.1) is 0 Å². The minimum absolute atomic E-state index is 0.368. The normalized spacial score (nSPS) is 25.1. The van der Waals surface area contributed by atoms with Crippen LogP contribution in [0.1, 0.15) is 39.5 Å². The van der Waals surface area contributed by atoms with Gasteiger partial charge >= 0.3 is 111 Å². The fraction of sp³-hybridized carbons (Fsp3) is 0.600. The molecule has 0 aliphatic heterocycles. The van der Waals surface area contributed by atoms with E-state index in [1.165, 1.54) is 30.1 Å². The average molecular weight is 297 g/mol. The molecule has 0 aromatic heterocycles. The first-order valence-electron chi connectivity index (χ1n) is 6.63. The van der Waals surface area contributed by atoms with Gasteiger partial charge in [-0.05, 0) is 0 Å². The van der Waals surface area contributed by atoms with Gasteiger partial charge in [-0.3, -0.25) is 0 Å². The van der Waals surface area contributed by atoms with Crippen molar-refractivity contribution in [3.63, 3.8) is 0 Å². The zero-order chi connectivity index (χ0) is 12.1. The van der Waals surface area contributed by atoms with E-state index in [4.69, 9.17) is 4.74 Å². The van der Waals surface area contributed by atoms with Crippen molar-refractivity contribution in [2.45, 2.75) is 56.6 Å². The summed E-state index contributed by atoms with van der Waals surface area (Å²) in [4.78, 5) is 0.779. The maximum atomic E-state index is 6.09. The second-order valence-corrected chi connectivity index (χ2v) is 7.73. The summed E-state index contributed by atoms with van der Waals surface area (Å²) in [5.74, 6) is 0. The molecule has 0 unspecified atom stereocenters. The van der Waals surface area contributed by atoms with Crippen molar-refractivity contribution in [3.8, 4) is 0 Å². The summed E-state index contributed by atoms with van der Waals surface area (Å²) in [6.07, 6.45) is 6.22. The molecule has 1 aromatic carbocycles. The summed E-state index contributed by atoms with van der Waals surface area (Å²) < 4.78 is 7.61. The van der Waals surface area contributed by atoms with E-state index in [1.807, 2.05) is 0 Å². The van der Waals surface area contributed by atoms with E-state index in [9.17, 15) is 0 Å². The molecule has 2 heteroatoms. The van der Waals surface area contributed by atoms with Gasteiger partial charge in [0.2, 0.25) is 0 Å². The van der Waals surface area contributed by atoms with Crippen molar-refractivity contribution in [1.29, 1.82) is 0 Å². The van der Waals surface area contributed by atoms with Crippen LogP contribution in [-0.2, 0) is 4.74 Å². The second-order valence-electron chi connectivity index (χ2n) is 4.98. The van der Waals surface area contributed by atoms with Crippen LogP contribution in [0.25, 0.3) is 0 Å². The maximum absolute atomic E-state index is 6.09. The summed E-state index contributed by atoms with van der Waals surface area (Å²) in [5.41, 5.74) is 0. The van der Waals surface area contributed by atoms with E-state index in [0.29, 0.717) is 27.2 Å². The summed E-state index contributed by atoms with van der Waals surface area (Å²) in [6.45, 7) is 4.31. The van der Waals surface area contributed by atoms with Crippen LogP contribution in [0.4, 0.5) is 0 Å². The Morgan fingerprint density at radius 1 is 1.12 bits per heavy atom. The van der Waals surface area contributed by atoms with Gasteiger partial charge in [0.1, 0.15) is 0 Å². The van der Waals surface area contributed by atoms with Gasteiger partial charge in [-0.15, -0.1) is 0 Å². The Bertz CT molecular complexity index is 323. The Labute approximate surface area is 111 Å². The topological polar surface area (TPSA) is 9.23 Å². The van der Waals surface area contributed by atoms with Crippen molar-refractivity contribution in [3.05, 3.63) is 30.3 Å². The molecule has 2 rings (SSSR count). The number of ether oxygens (including phenoxy) is 1. The standard InChI is InChI=1S/C15H22OSe/c1-12(2)16-14-10-6-7-11-15(14)17-13-8-4-3-5-9-13/h3-5,8-9,12,14-15H,6-7,10-11H2,1-2H3/t14-,15-/m1/s1. The number of hydrogen-bond donors (Lipinski definition) is 0. The number of rotatable bonds is 4. The molecule has 17 heavy (non-hydrogen) atoms. The van der Waals surface area contributed by atoms with Crippen LogP contribution in [0.15, 0.2) is 30.3 Å². The fourth-order valence-electron chi connectivity index (χ4n) is 2.38. The van der Waals surface area contributed by atoms with Gasteiger partial charge in [0.15, 0.2) is 0 Å². The van der Waals surface area contributed by atoms with Crippen LogP contribution in [-0.4, -0.2) is 27.2 Å². The molecule has 0 spiro atoms. The molecule has 1 saturated carbocycles. The second kappa shape index (κ2) is 6.58. The van der Waals surface area contributed by atoms with Crippen LogP contribution in [0.3, 0.4) is 0 Å². The summed E-state index contributed by atoms with van der Waals surface area (Å²) in [5, 5.41) is 0. The molecule has 0 bridgehead atoms. The predicted octanol–water partition coefficient (Wildman–Crippen LogP) is 3.17. The fourth-order valence-corrected chi connectivity index (χ4v) is 5.11. The monoisotopic (exact) mass is 298 g/mol. The minimum atomic E-state index is 0.368. The van der Waals surface area contributed by atoms with Crippen LogP contribution < -0.4 is 4.46 Å². The van der Waals surface area contributed by atoms with E-state index in [0.717, 1.165) is 4.82 Å². The molecule has 1 aliphatic rings. The van der Waals surface area contributed by atoms with E-state index in [1.54, 1.807) is 0 Å². The Morgan fingerprint density at radius 3 is 2.53 bits per heavy atom. The Morgan fingerprint density at radius 2 is 1.82 bits per heavy atom. The zero-order valence-electron chi connectivity index (χ0n) is 10.8. The summed E-state index contributed by atoms with van der Waals surface area (Å²) in [6, 6.07) is 10.9. The van der Waals surface area contributed by atoms with E-state index in [2.05, 4.69) is 44.2 Å². The van der Waals surface area contributed by atoms with Crippen LogP contribution >= 0.6 is 0 Å². The summed E-state index contributed by atoms with van der Waals surface area (Å²) in [7, 11) is 0. The van der Waals surface area contributed by atoms with E-state index in [-0.39, 0.29) is 0 Å². The zero-order valence-corrected chi connectivity index (χ0v) is 12.5. The first-order chi connectivity index (χ1) is 8.25. The SMILES string of the molecule is CC(C)O[C@@H]1CCCC[C@H]1[Se]c1ccccc1. The molecule has 2 atom stereocenters. The third kappa shape index (κ3) is 4.13. The molecule has 1 nitrogen and oxygen atoms in total. The Hall–Kier alpha value is -0.301. The average Bonchev–Trinajstić information content (AvgIpc) is 2.32.